The predicted molar refractivity (Wildman–Crippen MR) is 176 cm³/mol. The van der Waals surface area contributed by atoms with Gasteiger partial charge in [0.15, 0.2) is 0 Å². The molecule has 3 aromatic rings. The first kappa shape index (κ1) is 32.8. The number of hydrogen-bond acceptors (Lipinski definition) is 7. The van der Waals surface area contributed by atoms with Crippen molar-refractivity contribution < 1.29 is 28.2 Å². The largest absolute Gasteiger partial charge is 0.497 e. The van der Waals surface area contributed by atoms with Crippen LogP contribution in [0.3, 0.4) is 0 Å². The molecule has 0 radical (unpaired) electrons. The third-order valence-corrected chi connectivity index (χ3v) is 8.66. The molecule has 11 heteroatoms. The maximum atomic E-state index is 15.2. The third kappa shape index (κ3) is 6.98. The number of benzene rings is 2. The first-order valence-electron chi connectivity index (χ1n) is 15.7. The number of amides is 3. The summed E-state index contributed by atoms with van der Waals surface area (Å²) in [5.41, 5.74) is 2.86. The van der Waals surface area contributed by atoms with Crippen LogP contribution in [0.4, 0.5) is 31.2 Å². The highest BCUT2D eigenvalue weighted by atomic mass is 19.1. The predicted octanol–water partition coefficient (Wildman–Crippen LogP) is 7.28. The molecule has 46 heavy (non-hydrogen) atoms. The van der Waals surface area contributed by atoms with Gasteiger partial charge in [-0.1, -0.05) is 12.1 Å². The Morgan fingerprint density at radius 1 is 1.09 bits per heavy atom. The highest BCUT2D eigenvalue weighted by molar-refractivity contribution is 6.07. The summed E-state index contributed by atoms with van der Waals surface area (Å²) in [6.45, 7) is 8.00. The second-order valence-electron chi connectivity index (χ2n) is 12.9. The van der Waals surface area contributed by atoms with Crippen LogP contribution >= 0.6 is 0 Å². The van der Waals surface area contributed by atoms with Gasteiger partial charge >= 0.3 is 12.1 Å². The molecule has 0 unspecified atom stereocenters. The molecule has 0 saturated heterocycles. The minimum Gasteiger partial charge on any atom is -0.497 e. The average Bonchev–Trinajstić information content (AvgIpc) is 3.02. The summed E-state index contributed by atoms with van der Waals surface area (Å²) in [6, 6.07) is 11.9. The highest BCUT2D eigenvalue weighted by Crippen LogP contribution is 2.40. The fourth-order valence-electron chi connectivity index (χ4n) is 6.25. The van der Waals surface area contributed by atoms with Crippen LogP contribution in [0.1, 0.15) is 63.1 Å². The Labute approximate surface area is 270 Å². The molecule has 2 aromatic carbocycles. The molecule has 0 atom stereocenters. The molecule has 1 aliphatic carbocycles. The maximum Gasteiger partial charge on any atom is 0.410 e. The van der Waals surface area contributed by atoms with Crippen molar-refractivity contribution in [3.8, 4) is 11.5 Å². The molecule has 0 bridgehead atoms. The van der Waals surface area contributed by atoms with Crippen molar-refractivity contribution in [2.24, 2.45) is 0 Å². The minimum absolute atomic E-state index is 0.00970. The summed E-state index contributed by atoms with van der Waals surface area (Å²) in [5, 5.41) is 3.37. The zero-order valence-electron chi connectivity index (χ0n) is 27.7. The van der Waals surface area contributed by atoms with Crippen LogP contribution in [-0.4, -0.2) is 61.0 Å². The lowest BCUT2D eigenvalue weighted by atomic mass is 9.88. The molecular weight excluding hydrogens is 589 g/mol. The van der Waals surface area contributed by atoms with Crippen LogP contribution in [0, 0.1) is 12.7 Å². The second kappa shape index (κ2) is 13.4. The molecule has 1 aliphatic heterocycles. The van der Waals surface area contributed by atoms with E-state index < -0.39 is 11.4 Å². The number of nitrogens with zero attached hydrogens (tertiary/aromatic N) is 4. The van der Waals surface area contributed by atoms with E-state index in [2.05, 4.69) is 10.3 Å². The van der Waals surface area contributed by atoms with E-state index in [0.717, 1.165) is 16.8 Å². The Kier molecular flexibility index (Phi) is 9.60. The standard InChI is InChI=1S/C35H44FN5O5/c1-22-9-8-10-28(36)32(22)40-21-24-20-38-31(37-19-23-11-16-27(44-6)17-30(23)45-7)18-29(24)41(33(40)42)26-14-12-25(13-15-26)39(5)34(43)46-35(2,3)4/h8-11,16-18,20,25-26H,12-15,19,21H2,1-7H3,(H,37,38)/t25-,26+. The number of urea groups is 1. The van der Waals surface area contributed by atoms with E-state index in [1.54, 1.807) is 43.3 Å². The van der Waals surface area contributed by atoms with Crippen molar-refractivity contribution in [3.05, 3.63) is 71.2 Å². The number of pyridine rings is 1. The Hall–Kier alpha value is -4.54. The first-order chi connectivity index (χ1) is 21.9. The Balaban J connectivity index is 1.42. The molecule has 10 nitrogen and oxygen atoms in total. The molecule has 2 heterocycles. The lowest BCUT2D eigenvalue weighted by molar-refractivity contribution is 0.0183. The highest BCUT2D eigenvalue weighted by Gasteiger charge is 2.40. The van der Waals surface area contributed by atoms with E-state index in [4.69, 9.17) is 14.2 Å². The smallest absolute Gasteiger partial charge is 0.410 e. The number of ether oxygens (including phenoxy) is 3. The SMILES string of the molecule is COc1ccc(CNc2cc3c(cn2)CN(c2c(C)cccc2F)C(=O)N3[C@H]2CC[C@@H](N(C)C(=O)OC(C)(C)C)CC2)c(OC)c1. The summed E-state index contributed by atoms with van der Waals surface area (Å²) in [5.74, 6) is 1.54. The van der Waals surface area contributed by atoms with E-state index in [1.807, 2.05) is 58.0 Å². The molecule has 1 saturated carbocycles. The van der Waals surface area contributed by atoms with Gasteiger partial charge in [-0.3, -0.25) is 9.80 Å². The van der Waals surface area contributed by atoms with Gasteiger partial charge in [0, 0.05) is 55.1 Å². The average molecular weight is 634 g/mol. The van der Waals surface area contributed by atoms with Gasteiger partial charge in [0.1, 0.15) is 28.7 Å². The number of fused-ring (bicyclic) bond motifs is 1. The van der Waals surface area contributed by atoms with E-state index in [9.17, 15) is 9.59 Å². The maximum absolute atomic E-state index is 15.2. The molecule has 2 aliphatic rings. The summed E-state index contributed by atoms with van der Waals surface area (Å²) in [4.78, 5) is 36.8. The van der Waals surface area contributed by atoms with Crippen LogP contribution in [0.2, 0.25) is 0 Å². The second-order valence-corrected chi connectivity index (χ2v) is 12.9. The summed E-state index contributed by atoms with van der Waals surface area (Å²) >= 11 is 0. The summed E-state index contributed by atoms with van der Waals surface area (Å²) in [6.07, 6.45) is 4.14. The number of carbonyl (C=O) groups excluding carboxylic acids is 2. The van der Waals surface area contributed by atoms with E-state index in [1.165, 1.54) is 11.0 Å². The van der Waals surface area contributed by atoms with Crippen LogP contribution in [0.5, 0.6) is 11.5 Å². The van der Waals surface area contributed by atoms with Crippen LogP contribution in [-0.2, 0) is 17.8 Å². The molecule has 1 aromatic heterocycles. The van der Waals surface area contributed by atoms with Crippen LogP contribution < -0.4 is 24.6 Å². The summed E-state index contributed by atoms with van der Waals surface area (Å²) < 4.78 is 31.7. The molecular formula is C35H44FN5O5. The van der Waals surface area contributed by atoms with Gasteiger partial charge in [-0.2, -0.15) is 0 Å². The number of methoxy groups -OCH3 is 2. The number of nitrogens with one attached hydrogen (secondary N) is 1. The first-order valence-corrected chi connectivity index (χ1v) is 15.7. The van der Waals surface area contributed by atoms with Crippen molar-refractivity contribution in [2.45, 2.75) is 84.2 Å². The normalized spacial score (nSPS) is 18.1. The van der Waals surface area contributed by atoms with E-state index in [-0.39, 0.29) is 36.4 Å². The zero-order chi connectivity index (χ0) is 33.2. The minimum atomic E-state index is -0.584. The zero-order valence-corrected chi connectivity index (χ0v) is 27.7. The number of hydrogen-bond donors (Lipinski definition) is 1. The van der Waals surface area contributed by atoms with Gasteiger partial charge in [-0.05, 0) is 77.1 Å². The number of aryl methyl sites for hydroxylation is 1. The van der Waals surface area contributed by atoms with Crippen molar-refractivity contribution in [3.63, 3.8) is 0 Å². The Morgan fingerprint density at radius 2 is 1.83 bits per heavy atom. The molecule has 5 rings (SSSR count). The van der Waals surface area contributed by atoms with Crippen LogP contribution in [0.25, 0.3) is 0 Å². The number of halogens is 1. The van der Waals surface area contributed by atoms with Gasteiger partial charge in [-0.25, -0.2) is 19.0 Å². The Bertz CT molecular complexity index is 1560. The quantitative estimate of drug-likeness (QED) is 0.278. The number of anilines is 3. The van der Waals surface area contributed by atoms with Gasteiger partial charge in [0.05, 0.1) is 32.1 Å². The van der Waals surface area contributed by atoms with Gasteiger partial charge in [0.2, 0.25) is 0 Å². The molecule has 1 N–H and O–H groups in total. The van der Waals surface area contributed by atoms with Crippen molar-refractivity contribution in [2.75, 3.05) is 36.4 Å². The molecule has 246 valence electrons. The lowest BCUT2D eigenvalue weighted by Crippen LogP contribution is -2.54. The van der Waals surface area contributed by atoms with Crippen LogP contribution in [0.15, 0.2) is 48.7 Å². The summed E-state index contributed by atoms with van der Waals surface area (Å²) in [7, 11) is 4.99. The number of rotatable bonds is 8. The van der Waals surface area contributed by atoms with Crippen molar-refractivity contribution >= 4 is 29.3 Å². The third-order valence-electron chi connectivity index (χ3n) is 8.66. The van der Waals surface area contributed by atoms with Gasteiger partial charge in [-0.15, -0.1) is 0 Å². The molecule has 3 amide bonds. The van der Waals surface area contributed by atoms with Gasteiger partial charge in [0.25, 0.3) is 0 Å². The Morgan fingerprint density at radius 3 is 2.48 bits per heavy atom. The van der Waals surface area contributed by atoms with E-state index in [0.29, 0.717) is 55.1 Å². The molecule has 0 spiro atoms. The number of carbonyl (C=O) groups is 2. The number of aromatic nitrogens is 1. The van der Waals surface area contributed by atoms with Gasteiger partial charge < -0.3 is 24.4 Å². The fraction of sp³-hybridized carbons (Fsp3) is 0.457. The molecule has 1 fully saturated rings. The van der Waals surface area contributed by atoms with Crippen molar-refractivity contribution in [1.82, 2.24) is 9.88 Å². The lowest BCUT2D eigenvalue weighted by Gasteiger charge is -2.44. The monoisotopic (exact) mass is 633 g/mol. The van der Waals surface area contributed by atoms with E-state index >= 15 is 4.39 Å². The fourth-order valence-corrected chi connectivity index (χ4v) is 6.25. The topological polar surface area (TPSA) is 96.5 Å². The van der Waals surface area contributed by atoms with Crippen molar-refractivity contribution in [1.29, 1.82) is 0 Å². The number of para-hydroxylation sites is 1.